The van der Waals surface area contributed by atoms with Crippen molar-refractivity contribution in [2.45, 2.75) is 24.7 Å². The molecule has 2 rings (SSSR count). The lowest BCUT2D eigenvalue weighted by molar-refractivity contribution is 0.263. The lowest BCUT2D eigenvalue weighted by atomic mass is 10.00. The number of hydrogen-bond donors (Lipinski definition) is 1. The summed E-state index contributed by atoms with van der Waals surface area (Å²) in [6.45, 7) is 3.70. The molecule has 0 bridgehead atoms. The van der Waals surface area contributed by atoms with Crippen LogP contribution in [0.4, 0.5) is 0 Å². The third-order valence-electron chi connectivity index (χ3n) is 3.90. The maximum atomic E-state index is 12.8. The van der Waals surface area contributed by atoms with Crippen LogP contribution in [0.15, 0.2) is 23.1 Å². The quantitative estimate of drug-likeness (QED) is 0.914. The minimum atomic E-state index is -3.47. The number of nitrogens with zero attached hydrogens (tertiary/aromatic N) is 2. The molecule has 0 aliphatic carbocycles. The third kappa shape index (κ3) is 3.43. The van der Waals surface area contributed by atoms with Crippen LogP contribution in [0, 0.1) is 24.2 Å². The first-order valence-electron chi connectivity index (χ1n) is 7.14. The first-order chi connectivity index (χ1) is 9.98. The zero-order valence-electron chi connectivity index (χ0n) is 12.5. The average Bonchev–Trinajstić information content (AvgIpc) is 2.47. The molecule has 21 heavy (non-hydrogen) atoms. The Morgan fingerprint density at radius 2 is 2.24 bits per heavy atom. The highest BCUT2D eigenvalue weighted by molar-refractivity contribution is 7.89. The van der Waals surface area contributed by atoms with Gasteiger partial charge in [-0.25, -0.2) is 8.42 Å². The van der Waals surface area contributed by atoms with Crippen LogP contribution >= 0.6 is 0 Å². The van der Waals surface area contributed by atoms with E-state index in [1.165, 1.54) is 0 Å². The molecule has 6 heteroatoms. The van der Waals surface area contributed by atoms with Crippen molar-refractivity contribution in [1.29, 1.82) is 5.26 Å². The lowest BCUT2D eigenvalue weighted by Gasteiger charge is -2.32. The summed E-state index contributed by atoms with van der Waals surface area (Å²) in [5, 5.41) is 12.0. The SMILES string of the molecule is CNC[C@@H]1CCCN(S(=O)(=O)c2ccc(C#N)cc2C)C1. The van der Waals surface area contributed by atoms with Crippen LogP contribution in [-0.2, 0) is 10.0 Å². The Kier molecular flexibility index (Phi) is 4.99. The van der Waals surface area contributed by atoms with E-state index in [0.29, 0.717) is 35.0 Å². The highest BCUT2D eigenvalue weighted by atomic mass is 32.2. The molecule has 0 spiro atoms. The molecule has 1 aliphatic heterocycles. The first kappa shape index (κ1) is 16.0. The molecule has 1 aromatic rings. The number of piperidine rings is 1. The predicted molar refractivity (Wildman–Crippen MR) is 81.3 cm³/mol. The Balaban J connectivity index is 2.27. The molecule has 1 aliphatic rings. The Bertz CT molecular complexity index is 647. The normalized spacial score (nSPS) is 20.1. The van der Waals surface area contributed by atoms with Crippen LogP contribution in [0.5, 0.6) is 0 Å². The minimum absolute atomic E-state index is 0.312. The molecule has 5 nitrogen and oxygen atoms in total. The monoisotopic (exact) mass is 307 g/mol. The fraction of sp³-hybridized carbons (Fsp3) is 0.533. The Hall–Kier alpha value is -1.42. The van der Waals surface area contributed by atoms with Crippen LogP contribution in [0.3, 0.4) is 0 Å². The zero-order valence-corrected chi connectivity index (χ0v) is 13.3. The van der Waals surface area contributed by atoms with Crippen molar-refractivity contribution in [3.05, 3.63) is 29.3 Å². The van der Waals surface area contributed by atoms with Crippen molar-refractivity contribution in [2.75, 3.05) is 26.7 Å². The van der Waals surface area contributed by atoms with Gasteiger partial charge in [-0.1, -0.05) is 0 Å². The molecule has 1 fully saturated rings. The molecule has 0 aromatic heterocycles. The first-order valence-corrected chi connectivity index (χ1v) is 8.58. The number of rotatable bonds is 4. The summed E-state index contributed by atoms with van der Waals surface area (Å²) in [4.78, 5) is 0.312. The van der Waals surface area contributed by atoms with Crippen LogP contribution in [0.25, 0.3) is 0 Å². The summed E-state index contributed by atoms with van der Waals surface area (Å²) >= 11 is 0. The van der Waals surface area contributed by atoms with Gasteiger partial charge in [0.15, 0.2) is 0 Å². The molecule has 0 saturated carbocycles. The summed E-state index contributed by atoms with van der Waals surface area (Å²) in [6, 6.07) is 6.77. The highest BCUT2D eigenvalue weighted by Gasteiger charge is 2.30. The fourth-order valence-corrected chi connectivity index (χ4v) is 4.61. The molecule has 1 atom stereocenters. The molecule has 1 heterocycles. The summed E-state index contributed by atoms with van der Waals surface area (Å²) in [5.41, 5.74) is 1.11. The summed E-state index contributed by atoms with van der Waals surface area (Å²) in [6.07, 6.45) is 1.94. The van der Waals surface area contributed by atoms with Crippen molar-refractivity contribution < 1.29 is 8.42 Å². The van der Waals surface area contributed by atoms with E-state index in [0.717, 1.165) is 19.4 Å². The number of aryl methyl sites for hydroxylation is 1. The highest BCUT2D eigenvalue weighted by Crippen LogP contribution is 2.25. The van der Waals surface area contributed by atoms with E-state index < -0.39 is 10.0 Å². The van der Waals surface area contributed by atoms with Crippen molar-refractivity contribution in [3.63, 3.8) is 0 Å². The largest absolute Gasteiger partial charge is 0.319 e. The Morgan fingerprint density at radius 3 is 2.86 bits per heavy atom. The predicted octanol–water partition coefficient (Wildman–Crippen LogP) is 1.49. The van der Waals surface area contributed by atoms with Crippen molar-refractivity contribution in [1.82, 2.24) is 9.62 Å². The second kappa shape index (κ2) is 6.56. The number of benzene rings is 1. The van der Waals surface area contributed by atoms with E-state index >= 15 is 0 Å². The van der Waals surface area contributed by atoms with Crippen molar-refractivity contribution in [2.24, 2.45) is 5.92 Å². The number of hydrogen-bond acceptors (Lipinski definition) is 4. The summed E-state index contributed by atoms with van der Waals surface area (Å²) < 4.78 is 27.1. The molecule has 0 radical (unpaired) electrons. The maximum absolute atomic E-state index is 12.8. The second-order valence-corrected chi connectivity index (χ2v) is 7.43. The zero-order chi connectivity index (χ0) is 15.5. The van der Waals surface area contributed by atoms with Crippen LogP contribution in [0.2, 0.25) is 0 Å². The van der Waals surface area contributed by atoms with Gasteiger partial charge in [-0.05, 0) is 63.0 Å². The second-order valence-electron chi connectivity index (χ2n) is 5.52. The minimum Gasteiger partial charge on any atom is -0.319 e. The molecular weight excluding hydrogens is 286 g/mol. The molecule has 0 amide bonds. The molecule has 1 saturated heterocycles. The van der Waals surface area contributed by atoms with Gasteiger partial charge < -0.3 is 5.32 Å². The van der Waals surface area contributed by atoms with E-state index in [1.807, 2.05) is 13.1 Å². The van der Waals surface area contributed by atoms with E-state index in [2.05, 4.69) is 5.32 Å². The molecule has 0 unspecified atom stereocenters. The van der Waals surface area contributed by atoms with E-state index in [9.17, 15) is 8.42 Å². The van der Waals surface area contributed by atoms with Gasteiger partial charge in [-0.15, -0.1) is 0 Å². The molecule has 114 valence electrons. The number of nitriles is 1. The van der Waals surface area contributed by atoms with Gasteiger partial charge in [0, 0.05) is 13.1 Å². The summed E-state index contributed by atoms with van der Waals surface area (Å²) in [7, 11) is -1.59. The molecular formula is C15H21N3O2S. The van der Waals surface area contributed by atoms with Gasteiger partial charge in [0.2, 0.25) is 10.0 Å². The fourth-order valence-electron chi connectivity index (χ4n) is 2.85. The Morgan fingerprint density at radius 1 is 1.48 bits per heavy atom. The standard InChI is InChI=1S/C15H21N3O2S/c1-12-8-13(9-16)5-6-15(12)21(19,20)18-7-3-4-14(11-18)10-17-2/h5-6,8,14,17H,3-4,7,10-11H2,1-2H3/t14-/m0/s1. The smallest absolute Gasteiger partial charge is 0.243 e. The van der Waals surface area contributed by atoms with E-state index in [-0.39, 0.29) is 0 Å². The number of sulfonamides is 1. The molecule has 1 N–H and O–H groups in total. The van der Waals surface area contributed by atoms with E-state index in [1.54, 1.807) is 29.4 Å². The van der Waals surface area contributed by atoms with Gasteiger partial charge >= 0.3 is 0 Å². The summed E-state index contributed by atoms with van der Waals surface area (Å²) in [5.74, 6) is 0.359. The van der Waals surface area contributed by atoms with Gasteiger partial charge in [-0.3, -0.25) is 0 Å². The van der Waals surface area contributed by atoms with Crippen LogP contribution in [0.1, 0.15) is 24.0 Å². The third-order valence-corrected chi connectivity index (χ3v) is 5.92. The van der Waals surface area contributed by atoms with Gasteiger partial charge in [0.25, 0.3) is 0 Å². The molecule has 1 aromatic carbocycles. The van der Waals surface area contributed by atoms with Crippen LogP contribution < -0.4 is 5.32 Å². The average molecular weight is 307 g/mol. The van der Waals surface area contributed by atoms with Crippen molar-refractivity contribution in [3.8, 4) is 6.07 Å². The van der Waals surface area contributed by atoms with Crippen molar-refractivity contribution >= 4 is 10.0 Å². The van der Waals surface area contributed by atoms with E-state index in [4.69, 9.17) is 5.26 Å². The van der Waals surface area contributed by atoms with Crippen LogP contribution in [-0.4, -0.2) is 39.4 Å². The number of nitrogens with one attached hydrogen (secondary N) is 1. The van der Waals surface area contributed by atoms with Gasteiger partial charge in [0.05, 0.1) is 16.5 Å². The lowest BCUT2D eigenvalue weighted by Crippen LogP contribution is -2.42. The van der Waals surface area contributed by atoms with Gasteiger partial charge in [-0.2, -0.15) is 9.57 Å². The maximum Gasteiger partial charge on any atom is 0.243 e. The topological polar surface area (TPSA) is 73.2 Å². The van der Waals surface area contributed by atoms with Gasteiger partial charge in [0.1, 0.15) is 0 Å². The Labute approximate surface area is 126 Å².